The predicted octanol–water partition coefficient (Wildman–Crippen LogP) is 3.40. The SMILES string of the molecule is CCc1ccccc1N1CN(CCc2ccccc2)CNC1=S. The Morgan fingerprint density at radius 3 is 2.57 bits per heavy atom. The van der Waals surface area contributed by atoms with Gasteiger partial charge in [0.25, 0.3) is 0 Å². The quantitative estimate of drug-likeness (QED) is 0.849. The Morgan fingerprint density at radius 1 is 1.04 bits per heavy atom. The number of benzene rings is 2. The highest BCUT2D eigenvalue weighted by molar-refractivity contribution is 7.80. The molecule has 2 aromatic carbocycles. The molecule has 1 aliphatic heterocycles. The topological polar surface area (TPSA) is 18.5 Å². The summed E-state index contributed by atoms with van der Waals surface area (Å²) in [6.07, 6.45) is 2.07. The lowest BCUT2D eigenvalue weighted by molar-refractivity contribution is 0.264. The Hall–Kier alpha value is -1.91. The molecule has 0 aliphatic carbocycles. The van der Waals surface area contributed by atoms with Gasteiger partial charge in [0.2, 0.25) is 0 Å². The van der Waals surface area contributed by atoms with Crippen LogP contribution in [0, 0.1) is 0 Å². The van der Waals surface area contributed by atoms with Gasteiger partial charge in [-0.2, -0.15) is 0 Å². The van der Waals surface area contributed by atoms with Crippen molar-refractivity contribution in [3.8, 4) is 0 Å². The third kappa shape index (κ3) is 3.89. The van der Waals surface area contributed by atoms with Gasteiger partial charge in [-0.05, 0) is 42.3 Å². The van der Waals surface area contributed by atoms with Crippen LogP contribution < -0.4 is 10.2 Å². The predicted molar refractivity (Wildman–Crippen MR) is 101 cm³/mol. The third-order valence-corrected chi connectivity index (χ3v) is 4.63. The first-order valence-electron chi connectivity index (χ1n) is 8.17. The highest BCUT2D eigenvalue weighted by Gasteiger charge is 2.22. The summed E-state index contributed by atoms with van der Waals surface area (Å²) in [6.45, 7) is 4.86. The molecule has 3 rings (SSSR count). The summed E-state index contributed by atoms with van der Waals surface area (Å²) in [5.41, 5.74) is 3.93. The van der Waals surface area contributed by atoms with Crippen molar-refractivity contribution in [3.63, 3.8) is 0 Å². The highest BCUT2D eigenvalue weighted by atomic mass is 32.1. The maximum atomic E-state index is 5.54. The van der Waals surface area contributed by atoms with E-state index in [9.17, 15) is 0 Å². The minimum Gasteiger partial charge on any atom is -0.349 e. The maximum Gasteiger partial charge on any atom is 0.175 e. The van der Waals surface area contributed by atoms with E-state index < -0.39 is 0 Å². The average Bonchev–Trinajstić information content (AvgIpc) is 2.62. The molecule has 0 bridgehead atoms. The van der Waals surface area contributed by atoms with Crippen molar-refractivity contribution in [3.05, 3.63) is 65.7 Å². The van der Waals surface area contributed by atoms with Crippen molar-refractivity contribution in [2.45, 2.75) is 19.8 Å². The fourth-order valence-corrected chi connectivity index (χ4v) is 3.15. The number of rotatable bonds is 5. The summed E-state index contributed by atoms with van der Waals surface area (Å²) in [6, 6.07) is 19.2. The molecular weight excluding hydrogens is 302 g/mol. The van der Waals surface area contributed by atoms with Crippen LogP contribution in [0.1, 0.15) is 18.1 Å². The first kappa shape index (κ1) is 16.0. The molecule has 4 heteroatoms. The van der Waals surface area contributed by atoms with Crippen LogP contribution in [-0.4, -0.2) is 29.9 Å². The lowest BCUT2D eigenvalue weighted by atomic mass is 10.1. The van der Waals surface area contributed by atoms with E-state index in [2.05, 4.69) is 76.6 Å². The van der Waals surface area contributed by atoms with Crippen molar-refractivity contribution in [1.29, 1.82) is 0 Å². The van der Waals surface area contributed by atoms with Crippen molar-refractivity contribution in [2.75, 3.05) is 24.8 Å². The van der Waals surface area contributed by atoms with Gasteiger partial charge >= 0.3 is 0 Å². The van der Waals surface area contributed by atoms with E-state index >= 15 is 0 Å². The molecule has 1 saturated heterocycles. The fraction of sp³-hybridized carbons (Fsp3) is 0.316. The molecule has 3 nitrogen and oxygen atoms in total. The molecule has 0 radical (unpaired) electrons. The minimum absolute atomic E-state index is 0.816. The summed E-state index contributed by atoms with van der Waals surface area (Å²) < 4.78 is 0. The van der Waals surface area contributed by atoms with Crippen molar-refractivity contribution in [1.82, 2.24) is 10.2 Å². The highest BCUT2D eigenvalue weighted by Crippen LogP contribution is 2.22. The Bertz CT molecular complexity index is 657. The number of hydrogen-bond acceptors (Lipinski definition) is 2. The van der Waals surface area contributed by atoms with Crippen molar-refractivity contribution in [2.24, 2.45) is 0 Å². The molecule has 0 spiro atoms. The van der Waals surface area contributed by atoms with Crippen LogP contribution >= 0.6 is 12.2 Å². The second-order valence-electron chi connectivity index (χ2n) is 5.82. The molecule has 0 saturated carbocycles. The number of aryl methyl sites for hydroxylation is 1. The summed E-state index contributed by atoms with van der Waals surface area (Å²) in [7, 11) is 0. The molecule has 1 fully saturated rings. The van der Waals surface area contributed by atoms with Crippen LogP contribution in [-0.2, 0) is 12.8 Å². The zero-order chi connectivity index (χ0) is 16.1. The van der Waals surface area contributed by atoms with Gasteiger partial charge in [0.05, 0.1) is 13.3 Å². The van der Waals surface area contributed by atoms with Gasteiger partial charge in [-0.3, -0.25) is 4.90 Å². The van der Waals surface area contributed by atoms with Crippen LogP contribution in [0.25, 0.3) is 0 Å². The molecule has 1 heterocycles. The van der Waals surface area contributed by atoms with Gasteiger partial charge in [-0.25, -0.2) is 0 Å². The lowest BCUT2D eigenvalue weighted by Gasteiger charge is -2.38. The monoisotopic (exact) mass is 325 g/mol. The smallest absolute Gasteiger partial charge is 0.175 e. The van der Waals surface area contributed by atoms with Crippen LogP contribution in [0.15, 0.2) is 54.6 Å². The van der Waals surface area contributed by atoms with E-state index in [1.807, 2.05) is 0 Å². The van der Waals surface area contributed by atoms with Gasteiger partial charge in [0.1, 0.15) is 0 Å². The second kappa shape index (κ2) is 7.57. The molecule has 0 aromatic heterocycles. The zero-order valence-electron chi connectivity index (χ0n) is 13.5. The molecule has 23 heavy (non-hydrogen) atoms. The third-order valence-electron chi connectivity index (χ3n) is 4.26. The van der Waals surface area contributed by atoms with Crippen LogP contribution in [0.2, 0.25) is 0 Å². The number of nitrogens with zero attached hydrogens (tertiary/aromatic N) is 2. The number of nitrogens with one attached hydrogen (secondary N) is 1. The molecular formula is C19H23N3S. The van der Waals surface area contributed by atoms with Gasteiger partial charge in [0.15, 0.2) is 5.11 Å². The average molecular weight is 325 g/mol. The molecule has 1 N–H and O–H groups in total. The largest absolute Gasteiger partial charge is 0.349 e. The summed E-state index contributed by atoms with van der Waals surface area (Å²) in [5.74, 6) is 0. The van der Waals surface area contributed by atoms with Crippen molar-refractivity contribution >= 4 is 23.0 Å². The van der Waals surface area contributed by atoms with E-state index in [0.717, 1.165) is 37.8 Å². The van der Waals surface area contributed by atoms with Crippen LogP contribution in [0.4, 0.5) is 5.69 Å². The second-order valence-corrected chi connectivity index (χ2v) is 6.21. The normalized spacial score (nSPS) is 15.5. The van der Waals surface area contributed by atoms with Gasteiger partial charge < -0.3 is 10.2 Å². The first-order chi connectivity index (χ1) is 11.3. The summed E-state index contributed by atoms with van der Waals surface area (Å²) in [5, 5.41) is 4.17. The van der Waals surface area contributed by atoms with Crippen LogP contribution in [0.3, 0.4) is 0 Å². The van der Waals surface area contributed by atoms with Gasteiger partial charge in [-0.1, -0.05) is 55.5 Å². The maximum absolute atomic E-state index is 5.54. The van der Waals surface area contributed by atoms with Gasteiger partial charge in [-0.15, -0.1) is 0 Å². The Labute approximate surface area is 143 Å². The molecule has 0 atom stereocenters. The zero-order valence-corrected chi connectivity index (χ0v) is 14.4. The van der Waals surface area contributed by atoms with E-state index in [1.54, 1.807) is 0 Å². The van der Waals surface area contributed by atoms with E-state index in [-0.39, 0.29) is 0 Å². The minimum atomic E-state index is 0.816. The summed E-state index contributed by atoms with van der Waals surface area (Å²) >= 11 is 5.54. The fourth-order valence-electron chi connectivity index (χ4n) is 2.93. The summed E-state index contributed by atoms with van der Waals surface area (Å²) in [4.78, 5) is 4.61. The van der Waals surface area contributed by atoms with Gasteiger partial charge in [0, 0.05) is 12.2 Å². The number of thiocarbonyl (C=S) groups is 1. The molecule has 2 aromatic rings. The van der Waals surface area contributed by atoms with E-state index in [0.29, 0.717) is 0 Å². The van der Waals surface area contributed by atoms with Crippen molar-refractivity contribution < 1.29 is 0 Å². The molecule has 0 amide bonds. The van der Waals surface area contributed by atoms with E-state index in [1.165, 1.54) is 16.8 Å². The Morgan fingerprint density at radius 2 is 1.78 bits per heavy atom. The Balaban J connectivity index is 1.68. The standard InChI is InChI=1S/C19H23N3S/c1-2-17-10-6-7-11-18(17)22-15-21(14-20-19(22)23)13-12-16-8-4-3-5-9-16/h3-11H,2,12-15H2,1H3,(H,20,23). The number of hydrogen-bond donors (Lipinski definition) is 1. The Kier molecular flexibility index (Phi) is 5.26. The van der Waals surface area contributed by atoms with Crippen LogP contribution in [0.5, 0.6) is 0 Å². The number of para-hydroxylation sites is 1. The molecule has 0 unspecified atom stereocenters. The number of anilines is 1. The van der Waals surface area contributed by atoms with E-state index in [4.69, 9.17) is 12.2 Å². The lowest BCUT2D eigenvalue weighted by Crippen LogP contribution is -2.56. The molecule has 120 valence electrons. The first-order valence-corrected chi connectivity index (χ1v) is 8.58. The molecule has 1 aliphatic rings.